The molecular formula is C21H24NO4P. The minimum absolute atomic E-state index is 0.139. The minimum Gasteiger partial charge on any atom is -0.445 e. The monoisotopic (exact) mass is 385 g/mol. The Bertz CT molecular complexity index is 840. The van der Waals surface area contributed by atoms with Crippen LogP contribution in [-0.2, 0) is 20.4 Å². The molecule has 0 spiro atoms. The number of alkyl carbamates (subject to hydrolysis) is 1. The van der Waals surface area contributed by atoms with Gasteiger partial charge in [-0.3, -0.25) is 4.57 Å². The molecule has 1 saturated carbocycles. The summed E-state index contributed by atoms with van der Waals surface area (Å²) in [5.41, 5.74) is 0.883. The molecular weight excluding hydrogens is 361 g/mol. The molecule has 1 amide bonds. The molecule has 0 bridgehead atoms. The predicted octanol–water partition coefficient (Wildman–Crippen LogP) is 4.46. The fourth-order valence-corrected chi connectivity index (χ4v) is 6.26. The van der Waals surface area contributed by atoms with Crippen LogP contribution in [0.2, 0.25) is 0 Å². The van der Waals surface area contributed by atoms with Crippen LogP contribution in [0.15, 0.2) is 73.3 Å². The molecule has 6 heteroatoms. The van der Waals surface area contributed by atoms with E-state index in [0.717, 1.165) is 5.56 Å². The Morgan fingerprint density at radius 1 is 1.22 bits per heavy atom. The van der Waals surface area contributed by atoms with E-state index in [-0.39, 0.29) is 19.1 Å². The summed E-state index contributed by atoms with van der Waals surface area (Å²) in [7, 11) is -3.37. The average molecular weight is 385 g/mol. The smallest absolute Gasteiger partial charge is 0.408 e. The van der Waals surface area contributed by atoms with Gasteiger partial charge in [0.15, 0.2) is 0 Å². The molecule has 0 radical (unpaired) electrons. The Labute approximate surface area is 159 Å². The molecule has 1 aliphatic carbocycles. The lowest BCUT2D eigenvalue weighted by Gasteiger charge is -2.29. The van der Waals surface area contributed by atoms with Crippen molar-refractivity contribution in [2.75, 3.05) is 6.61 Å². The van der Waals surface area contributed by atoms with Crippen LogP contribution >= 0.6 is 7.37 Å². The second-order valence-electron chi connectivity index (χ2n) is 6.46. The van der Waals surface area contributed by atoms with Gasteiger partial charge in [-0.05, 0) is 31.0 Å². The van der Waals surface area contributed by atoms with Crippen molar-refractivity contribution < 1.29 is 18.6 Å². The van der Waals surface area contributed by atoms with Gasteiger partial charge < -0.3 is 14.6 Å². The largest absolute Gasteiger partial charge is 0.445 e. The molecule has 3 unspecified atom stereocenters. The van der Waals surface area contributed by atoms with Gasteiger partial charge in [0, 0.05) is 11.2 Å². The maximum Gasteiger partial charge on any atom is 0.408 e. The molecule has 1 fully saturated rings. The van der Waals surface area contributed by atoms with E-state index in [4.69, 9.17) is 9.26 Å². The highest BCUT2D eigenvalue weighted by Crippen LogP contribution is 2.71. The third-order valence-corrected chi connectivity index (χ3v) is 8.01. The second kappa shape index (κ2) is 8.12. The lowest BCUT2D eigenvalue weighted by atomic mass is 10.2. The molecule has 0 aliphatic heterocycles. The van der Waals surface area contributed by atoms with Crippen molar-refractivity contribution in [2.45, 2.75) is 25.2 Å². The Morgan fingerprint density at radius 3 is 2.41 bits per heavy atom. The Morgan fingerprint density at radius 2 is 1.85 bits per heavy atom. The Hall–Kier alpha value is -2.36. The maximum absolute atomic E-state index is 13.9. The average Bonchev–Trinajstić information content (AvgIpc) is 3.42. The summed E-state index contributed by atoms with van der Waals surface area (Å²) >= 11 is 0. The van der Waals surface area contributed by atoms with Crippen LogP contribution in [0.1, 0.15) is 18.9 Å². The summed E-state index contributed by atoms with van der Waals surface area (Å²) in [4.78, 5) is 12.5. The first-order chi connectivity index (χ1) is 13.1. The van der Waals surface area contributed by atoms with E-state index in [1.54, 1.807) is 25.1 Å². The number of carbonyl (C=O) groups is 1. The summed E-state index contributed by atoms with van der Waals surface area (Å²) in [6, 6.07) is 18.4. The minimum atomic E-state index is -3.37. The van der Waals surface area contributed by atoms with Crippen molar-refractivity contribution in [2.24, 2.45) is 5.92 Å². The van der Waals surface area contributed by atoms with E-state index in [1.807, 2.05) is 48.5 Å². The number of rotatable bonds is 8. The molecule has 2 aromatic carbocycles. The summed E-state index contributed by atoms with van der Waals surface area (Å²) in [6.45, 7) is 6.03. The molecule has 0 aromatic heterocycles. The highest BCUT2D eigenvalue weighted by molar-refractivity contribution is 7.68. The van der Waals surface area contributed by atoms with Gasteiger partial charge in [0.05, 0.1) is 6.61 Å². The van der Waals surface area contributed by atoms with Gasteiger partial charge in [-0.2, -0.15) is 0 Å². The normalized spacial score (nSPS) is 23.1. The van der Waals surface area contributed by atoms with E-state index in [0.29, 0.717) is 11.7 Å². The van der Waals surface area contributed by atoms with E-state index < -0.39 is 18.7 Å². The Kier molecular flexibility index (Phi) is 5.83. The SMILES string of the molecule is C=CC1CC1(NC(=O)OCc1ccccc1)P(=O)(OCC)c1ccccc1. The number of carbonyl (C=O) groups excluding carboxylic acids is 1. The lowest BCUT2D eigenvalue weighted by Crippen LogP contribution is -2.41. The highest BCUT2D eigenvalue weighted by atomic mass is 31.2. The van der Waals surface area contributed by atoms with E-state index in [9.17, 15) is 9.36 Å². The molecule has 1 aliphatic rings. The number of ether oxygens (including phenoxy) is 1. The molecule has 0 saturated heterocycles. The first-order valence-electron chi connectivity index (χ1n) is 8.97. The number of hydrogen-bond acceptors (Lipinski definition) is 4. The Balaban J connectivity index is 1.81. The fourth-order valence-electron chi connectivity index (χ4n) is 3.27. The van der Waals surface area contributed by atoms with Gasteiger partial charge in [-0.25, -0.2) is 4.79 Å². The topological polar surface area (TPSA) is 64.6 Å². The molecule has 0 heterocycles. The second-order valence-corrected chi connectivity index (χ2v) is 9.14. The molecule has 142 valence electrons. The zero-order valence-electron chi connectivity index (χ0n) is 15.3. The van der Waals surface area contributed by atoms with Crippen LogP contribution in [0.5, 0.6) is 0 Å². The fraction of sp³-hybridized carbons (Fsp3) is 0.286. The maximum atomic E-state index is 13.9. The van der Waals surface area contributed by atoms with Gasteiger partial charge in [-0.1, -0.05) is 54.6 Å². The van der Waals surface area contributed by atoms with Crippen molar-refractivity contribution in [3.8, 4) is 0 Å². The molecule has 2 aromatic rings. The highest BCUT2D eigenvalue weighted by Gasteiger charge is 2.67. The van der Waals surface area contributed by atoms with Gasteiger partial charge in [0.2, 0.25) is 0 Å². The molecule has 3 rings (SSSR count). The standard InChI is InChI=1S/C21H24NO4P/c1-3-18-15-21(18,22-20(23)25-16-17-11-7-5-8-12-17)27(24,26-4-2)19-13-9-6-10-14-19/h3,5-14,18H,1,4,15-16H2,2H3,(H,22,23). The van der Waals surface area contributed by atoms with E-state index in [2.05, 4.69) is 11.9 Å². The van der Waals surface area contributed by atoms with Gasteiger partial charge >= 0.3 is 6.09 Å². The van der Waals surface area contributed by atoms with Gasteiger partial charge in [0.25, 0.3) is 7.37 Å². The molecule has 27 heavy (non-hydrogen) atoms. The quantitative estimate of drug-likeness (QED) is 0.538. The third kappa shape index (κ3) is 3.85. The van der Waals surface area contributed by atoms with Gasteiger partial charge in [0.1, 0.15) is 11.9 Å². The predicted molar refractivity (Wildman–Crippen MR) is 106 cm³/mol. The first-order valence-corrected chi connectivity index (χ1v) is 10.6. The number of nitrogens with one attached hydrogen (secondary N) is 1. The van der Waals surface area contributed by atoms with E-state index in [1.165, 1.54) is 0 Å². The summed E-state index contributed by atoms with van der Waals surface area (Å²) in [5, 5.41) is 2.41. The van der Waals surface area contributed by atoms with Crippen LogP contribution in [0.25, 0.3) is 0 Å². The molecule has 3 atom stereocenters. The van der Waals surface area contributed by atoms with Crippen LogP contribution in [0.4, 0.5) is 4.79 Å². The first kappa shape index (κ1) is 19.4. The third-order valence-electron chi connectivity index (χ3n) is 4.73. The van der Waals surface area contributed by atoms with Crippen molar-refractivity contribution in [1.29, 1.82) is 0 Å². The van der Waals surface area contributed by atoms with Crippen LogP contribution in [0, 0.1) is 5.92 Å². The van der Waals surface area contributed by atoms with Crippen LogP contribution in [0.3, 0.4) is 0 Å². The summed E-state index contributed by atoms with van der Waals surface area (Å²) < 4.78 is 25.1. The van der Waals surface area contributed by atoms with Crippen molar-refractivity contribution in [3.05, 3.63) is 78.9 Å². The lowest BCUT2D eigenvalue weighted by molar-refractivity contribution is 0.136. The van der Waals surface area contributed by atoms with E-state index >= 15 is 0 Å². The molecule has 5 nitrogen and oxygen atoms in total. The zero-order chi connectivity index (χ0) is 19.3. The zero-order valence-corrected chi connectivity index (χ0v) is 16.2. The van der Waals surface area contributed by atoms with Crippen molar-refractivity contribution in [1.82, 2.24) is 5.32 Å². The van der Waals surface area contributed by atoms with Crippen molar-refractivity contribution >= 4 is 18.8 Å². The summed E-state index contributed by atoms with van der Waals surface area (Å²) in [6.07, 6.45) is 1.61. The van der Waals surface area contributed by atoms with Gasteiger partial charge in [-0.15, -0.1) is 6.58 Å². The summed E-state index contributed by atoms with van der Waals surface area (Å²) in [5.74, 6) is -0.139. The van der Waals surface area contributed by atoms with Crippen LogP contribution < -0.4 is 10.6 Å². The van der Waals surface area contributed by atoms with Crippen molar-refractivity contribution in [3.63, 3.8) is 0 Å². The molecule has 1 N–H and O–H groups in total. The number of benzene rings is 2. The number of hydrogen-bond donors (Lipinski definition) is 1. The number of amides is 1. The van der Waals surface area contributed by atoms with Crippen LogP contribution in [-0.4, -0.2) is 18.0 Å².